The standard InChI is InChI=1S/C27H30N6O3/c1-4-11-35-22(15(3)5-2)14-36-23-8-6-7-19(31-23)21-12-16-24-17(13-28)18(29)9-10-20(24)32-25(16)26(33-21)27(30)34/h4,6-13,15,22,28,32H,5,14,29H2,1-3H3,(H2,30,34)/b11-4-,28-13?. The number of primary amides is 1. The molecule has 0 spiro atoms. The highest BCUT2D eigenvalue weighted by atomic mass is 16.5. The summed E-state index contributed by atoms with van der Waals surface area (Å²) in [5, 5.41) is 9.26. The molecule has 0 aliphatic rings. The molecule has 9 heteroatoms. The smallest absolute Gasteiger partial charge is 0.269 e. The quantitative estimate of drug-likeness (QED) is 0.143. The molecule has 2 atom stereocenters. The van der Waals surface area contributed by atoms with E-state index >= 15 is 0 Å². The van der Waals surface area contributed by atoms with Gasteiger partial charge in [-0.3, -0.25) is 4.79 Å². The molecule has 0 bridgehead atoms. The summed E-state index contributed by atoms with van der Waals surface area (Å²) in [5.41, 5.74) is 15.1. The van der Waals surface area contributed by atoms with E-state index in [1.54, 1.807) is 30.5 Å². The largest absolute Gasteiger partial charge is 0.495 e. The van der Waals surface area contributed by atoms with Crippen molar-refractivity contribution in [1.29, 1.82) is 5.41 Å². The van der Waals surface area contributed by atoms with E-state index in [0.717, 1.165) is 17.3 Å². The number of aromatic nitrogens is 3. The zero-order valence-electron chi connectivity index (χ0n) is 20.5. The molecule has 9 nitrogen and oxygen atoms in total. The highest BCUT2D eigenvalue weighted by molar-refractivity contribution is 6.20. The molecule has 186 valence electrons. The average Bonchev–Trinajstić information content (AvgIpc) is 3.26. The zero-order valence-corrected chi connectivity index (χ0v) is 20.5. The predicted molar refractivity (Wildman–Crippen MR) is 142 cm³/mol. The van der Waals surface area contributed by atoms with Crippen LogP contribution >= 0.6 is 0 Å². The van der Waals surface area contributed by atoms with Crippen LogP contribution in [0.5, 0.6) is 5.88 Å². The maximum Gasteiger partial charge on any atom is 0.269 e. The van der Waals surface area contributed by atoms with Crippen LogP contribution in [0.3, 0.4) is 0 Å². The third-order valence-corrected chi connectivity index (χ3v) is 6.25. The minimum Gasteiger partial charge on any atom is -0.495 e. The first-order valence-corrected chi connectivity index (χ1v) is 11.8. The first kappa shape index (κ1) is 24.7. The molecule has 0 aliphatic carbocycles. The van der Waals surface area contributed by atoms with Crippen molar-refractivity contribution >= 4 is 39.6 Å². The van der Waals surface area contributed by atoms with Gasteiger partial charge in [0.15, 0.2) is 5.69 Å². The van der Waals surface area contributed by atoms with Crippen LogP contribution in [0.15, 0.2) is 48.7 Å². The second-order valence-corrected chi connectivity index (χ2v) is 8.60. The summed E-state index contributed by atoms with van der Waals surface area (Å²) in [5.74, 6) is 0.0300. The fraction of sp³-hybridized carbons (Fsp3) is 0.259. The molecule has 1 amide bonds. The Hall–Kier alpha value is -4.40. The van der Waals surface area contributed by atoms with E-state index in [0.29, 0.717) is 51.9 Å². The summed E-state index contributed by atoms with van der Waals surface area (Å²) in [4.78, 5) is 24.7. The SMILES string of the molecule is C/C=C\OC(COc1cccc(-c2cc3c([nH]c4ccc(N)c(C=N)c43)c(C(N)=O)n2)n1)C(C)CC. The normalized spacial score (nSPS) is 13.2. The van der Waals surface area contributed by atoms with Crippen molar-refractivity contribution in [3.63, 3.8) is 0 Å². The van der Waals surface area contributed by atoms with Crippen molar-refractivity contribution in [2.24, 2.45) is 11.7 Å². The van der Waals surface area contributed by atoms with Crippen LogP contribution in [-0.4, -0.2) is 39.8 Å². The van der Waals surface area contributed by atoms with Crippen LogP contribution in [0.1, 0.15) is 43.2 Å². The van der Waals surface area contributed by atoms with Crippen LogP contribution in [-0.2, 0) is 4.74 Å². The van der Waals surface area contributed by atoms with Gasteiger partial charge in [-0.25, -0.2) is 9.97 Å². The fourth-order valence-electron chi connectivity index (χ4n) is 4.08. The Morgan fingerprint density at radius 1 is 1.22 bits per heavy atom. The number of fused-ring (bicyclic) bond motifs is 3. The van der Waals surface area contributed by atoms with E-state index in [1.807, 2.05) is 25.1 Å². The number of hydrogen-bond acceptors (Lipinski definition) is 7. The molecule has 0 radical (unpaired) electrons. The summed E-state index contributed by atoms with van der Waals surface area (Å²) in [6.45, 7) is 6.45. The van der Waals surface area contributed by atoms with Gasteiger partial charge in [0, 0.05) is 39.8 Å². The lowest BCUT2D eigenvalue weighted by atomic mass is 10.0. The second kappa shape index (κ2) is 10.5. The number of carbonyl (C=O) groups is 1. The van der Waals surface area contributed by atoms with Gasteiger partial charge in [0.1, 0.15) is 12.7 Å². The van der Waals surface area contributed by atoms with Crippen LogP contribution in [0.2, 0.25) is 0 Å². The molecule has 0 fully saturated rings. The molecule has 1 aromatic carbocycles. The number of H-pyrrole nitrogens is 1. The molecule has 36 heavy (non-hydrogen) atoms. The number of nitrogens with one attached hydrogen (secondary N) is 2. The highest BCUT2D eigenvalue weighted by Gasteiger charge is 2.20. The Labute approximate surface area is 209 Å². The van der Waals surface area contributed by atoms with Gasteiger partial charge >= 0.3 is 0 Å². The van der Waals surface area contributed by atoms with Crippen LogP contribution in [0, 0.1) is 11.3 Å². The molecular formula is C27H30N6O3. The number of rotatable bonds is 10. The zero-order chi connectivity index (χ0) is 25.8. The maximum atomic E-state index is 12.3. The number of carbonyl (C=O) groups excluding carboxylic acids is 1. The number of nitrogens with zero attached hydrogens (tertiary/aromatic N) is 2. The van der Waals surface area contributed by atoms with Gasteiger partial charge in [-0.05, 0) is 43.5 Å². The second-order valence-electron chi connectivity index (χ2n) is 8.60. The highest BCUT2D eigenvalue weighted by Crippen LogP contribution is 2.34. The van der Waals surface area contributed by atoms with E-state index in [4.69, 9.17) is 26.4 Å². The van der Waals surface area contributed by atoms with Crippen molar-refractivity contribution < 1.29 is 14.3 Å². The first-order valence-electron chi connectivity index (χ1n) is 11.8. The third kappa shape index (κ3) is 4.72. The molecule has 0 saturated carbocycles. The molecule has 2 unspecified atom stereocenters. The number of allylic oxidation sites excluding steroid dienone is 1. The van der Waals surface area contributed by atoms with Crippen molar-refractivity contribution in [3.8, 4) is 17.3 Å². The van der Waals surface area contributed by atoms with Crippen molar-refractivity contribution in [2.75, 3.05) is 12.3 Å². The number of amides is 1. The number of anilines is 1. The van der Waals surface area contributed by atoms with Crippen LogP contribution < -0.4 is 16.2 Å². The van der Waals surface area contributed by atoms with Crippen LogP contribution in [0.4, 0.5) is 5.69 Å². The minimum atomic E-state index is -0.678. The van der Waals surface area contributed by atoms with E-state index in [2.05, 4.69) is 28.8 Å². The van der Waals surface area contributed by atoms with Gasteiger partial charge in [0.2, 0.25) is 5.88 Å². The number of ether oxygens (including phenoxy) is 2. The fourth-order valence-corrected chi connectivity index (χ4v) is 4.08. The number of nitrogen functional groups attached to an aromatic ring is 1. The van der Waals surface area contributed by atoms with Gasteiger partial charge in [0.05, 0.1) is 23.2 Å². The molecule has 4 aromatic rings. The predicted octanol–water partition coefficient (Wildman–Crippen LogP) is 4.80. The summed E-state index contributed by atoms with van der Waals surface area (Å²) in [6.07, 6.45) is 5.54. The average molecular weight is 487 g/mol. The topological polar surface area (TPSA) is 153 Å². The van der Waals surface area contributed by atoms with Gasteiger partial charge < -0.3 is 31.3 Å². The minimum absolute atomic E-state index is 0.0814. The summed E-state index contributed by atoms with van der Waals surface area (Å²) in [7, 11) is 0. The van der Waals surface area contributed by atoms with Gasteiger partial charge in [-0.2, -0.15) is 0 Å². The Morgan fingerprint density at radius 2 is 2.03 bits per heavy atom. The Kier molecular flexibility index (Phi) is 7.19. The Bertz CT molecular complexity index is 1460. The monoisotopic (exact) mass is 486 g/mol. The van der Waals surface area contributed by atoms with E-state index in [1.165, 1.54) is 6.21 Å². The number of nitrogens with two attached hydrogens (primary N) is 2. The molecular weight excluding hydrogens is 456 g/mol. The van der Waals surface area contributed by atoms with E-state index in [-0.39, 0.29) is 11.8 Å². The lowest BCUT2D eigenvalue weighted by molar-refractivity contribution is 0.0448. The Morgan fingerprint density at radius 3 is 2.72 bits per heavy atom. The van der Waals surface area contributed by atoms with E-state index in [9.17, 15) is 4.79 Å². The molecule has 0 saturated heterocycles. The number of aromatic amines is 1. The number of pyridine rings is 2. The summed E-state index contributed by atoms with van der Waals surface area (Å²) < 4.78 is 11.8. The molecule has 6 N–H and O–H groups in total. The van der Waals surface area contributed by atoms with E-state index < -0.39 is 5.91 Å². The van der Waals surface area contributed by atoms with Gasteiger partial charge in [0.25, 0.3) is 5.91 Å². The van der Waals surface area contributed by atoms with Crippen LogP contribution in [0.25, 0.3) is 33.2 Å². The molecule has 3 heterocycles. The molecule has 4 rings (SSSR count). The molecule has 0 aliphatic heterocycles. The van der Waals surface area contributed by atoms with Gasteiger partial charge in [-0.1, -0.05) is 26.0 Å². The Balaban J connectivity index is 1.77. The number of hydrogen-bond donors (Lipinski definition) is 4. The third-order valence-electron chi connectivity index (χ3n) is 6.25. The summed E-state index contributed by atoms with van der Waals surface area (Å²) in [6, 6.07) is 10.7. The van der Waals surface area contributed by atoms with Crippen molar-refractivity contribution in [3.05, 3.63) is 60.0 Å². The lowest BCUT2D eigenvalue weighted by Gasteiger charge is -2.22. The molecule has 3 aromatic heterocycles. The summed E-state index contributed by atoms with van der Waals surface area (Å²) >= 11 is 0. The number of benzene rings is 1. The lowest BCUT2D eigenvalue weighted by Crippen LogP contribution is -2.27. The van der Waals surface area contributed by atoms with Crippen molar-refractivity contribution in [2.45, 2.75) is 33.3 Å². The van der Waals surface area contributed by atoms with Gasteiger partial charge in [-0.15, -0.1) is 0 Å². The van der Waals surface area contributed by atoms with Crippen molar-refractivity contribution in [1.82, 2.24) is 15.0 Å². The first-order chi connectivity index (χ1) is 17.4. The maximum absolute atomic E-state index is 12.3.